The number of nitrogens with zero attached hydrogens (tertiary/aromatic N) is 3. The maximum absolute atomic E-state index is 13.5. The molecule has 1 fully saturated rings. The fraction of sp³-hybridized carbons (Fsp3) is 0.348. The highest BCUT2D eigenvalue weighted by Gasteiger charge is 2.25. The van der Waals surface area contributed by atoms with Crippen molar-refractivity contribution in [1.29, 1.82) is 0 Å². The number of hydrogen-bond acceptors (Lipinski definition) is 6. The Hall–Kier alpha value is -3.10. The minimum absolute atomic E-state index is 0.155. The lowest BCUT2D eigenvalue weighted by atomic mass is 10.0. The fourth-order valence-corrected chi connectivity index (χ4v) is 3.75. The van der Waals surface area contributed by atoms with Crippen LogP contribution in [0.25, 0.3) is 0 Å². The molecule has 0 aliphatic carbocycles. The van der Waals surface area contributed by atoms with Gasteiger partial charge >= 0.3 is 0 Å². The van der Waals surface area contributed by atoms with Gasteiger partial charge in [0.15, 0.2) is 5.82 Å². The quantitative estimate of drug-likeness (QED) is 0.653. The van der Waals surface area contributed by atoms with Gasteiger partial charge in [-0.05, 0) is 55.7 Å². The van der Waals surface area contributed by atoms with Crippen LogP contribution in [0.15, 0.2) is 47.0 Å². The highest BCUT2D eigenvalue weighted by atomic mass is 19.1. The zero-order valence-electron chi connectivity index (χ0n) is 17.6. The second kappa shape index (κ2) is 9.36. The van der Waals surface area contributed by atoms with E-state index in [0.717, 1.165) is 22.5 Å². The summed E-state index contributed by atoms with van der Waals surface area (Å²) in [6.07, 6.45) is 0.381. The van der Waals surface area contributed by atoms with Gasteiger partial charge in [0.25, 0.3) is 0 Å². The number of morpholine rings is 1. The van der Waals surface area contributed by atoms with E-state index in [0.29, 0.717) is 37.7 Å². The van der Waals surface area contributed by atoms with Gasteiger partial charge in [-0.2, -0.15) is 0 Å². The molecule has 1 atom stereocenters. The van der Waals surface area contributed by atoms with E-state index in [-0.39, 0.29) is 24.4 Å². The molecule has 1 aromatic carbocycles. The van der Waals surface area contributed by atoms with Gasteiger partial charge in [-0.3, -0.25) is 14.7 Å². The number of carbonyl (C=O) groups excluding carboxylic acids is 1. The summed E-state index contributed by atoms with van der Waals surface area (Å²) in [5.74, 6) is 0.655. The Morgan fingerprint density at radius 2 is 2.10 bits per heavy atom. The van der Waals surface area contributed by atoms with Gasteiger partial charge in [-0.15, -0.1) is 0 Å². The minimum Gasteiger partial charge on any atom is -0.369 e. The monoisotopic (exact) mass is 424 g/mol. The predicted octanol–water partition coefficient (Wildman–Crippen LogP) is 3.43. The number of rotatable bonds is 6. The van der Waals surface area contributed by atoms with E-state index in [1.54, 1.807) is 25.1 Å². The number of ether oxygens (including phenoxy) is 1. The molecule has 1 aliphatic heterocycles. The van der Waals surface area contributed by atoms with E-state index in [2.05, 4.69) is 15.5 Å². The van der Waals surface area contributed by atoms with Crippen LogP contribution in [0, 0.1) is 19.7 Å². The molecule has 4 rings (SSSR count). The molecule has 7 nitrogen and oxygen atoms in total. The van der Waals surface area contributed by atoms with Gasteiger partial charge < -0.3 is 14.6 Å². The summed E-state index contributed by atoms with van der Waals surface area (Å²) in [6.45, 7) is 5.66. The van der Waals surface area contributed by atoms with E-state index in [9.17, 15) is 9.18 Å². The second-order valence-electron chi connectivity index (χ2n) is 7.81. The molecular weight excluding hydrogens is 399 g/mol. The van der Waals surface area contributed by atoms with Crippen LogP contribution in [0.1, 0.15) is 34.4 Å². The van der Waals surface area contributed by atoms with Crippen LogP contribution < -0.4 is 5.32 Å². The molecule has 31 heavy (non-hydrogen) atoms. The van der Waals surface area contributed by atoms with Crippen LogP contribution in [0.2, 0.25) is 0 Å². The summed E-state index contributed by atoms with van der Waals surface area (Å²) >= 11 is 0. The molecule has 1 aliphatic rings. The van der Waals surface area contributed by atoms with Crippen molar-refractivity contribution >= 4 is 11.7 Å². The van der Waals surface area contributed by atoms with E-state index in [1.165, 1.54) is 6.07 Å². The molecular formula is C23H25FN4O3. The molecule has 3 heterocycles. The fourth-order valence-electron chi connectivity index (χ4n) is 3.75. The number of benzene rings is 1. The van der Waals surface area contributed by atoms with Gasteiger partial charge in [0, 0.05) is 24.8 Å². The number of amides is 1. The lowest BCUT2D eigenvalue weighted by molar-refractivity contribution is -0.119. The van der Waals surface area contributed by atoms with Crippen LogP contribution in [-0.4, -0.2) is 47.2 Å². The molecule has 0 radical (unpaired) electrons. The van der Waals surface area contributed by atoms with Crippen LogP contribution >= 0.6 is 0 Å². The number of aromatic nitrogens is 2. The first-order valence-corrected chi connectivity index (χ1v) is 10.2. The number of pyridine rings is 1. The van der Waals surface area contributed by atoms with Crippen molar-refractivity contribution in [2.24, 2.45) is 0 Å². The van der Waals surface area contributed by atoms with Crippen LogP contribution in [0.3, 0.4) is 0 Å². The summed E-state index contributed by atoms with van der Waals surface area (Å²) in [5.41, 5.74) is 3.66. The molecule has 162 valence electrons. The first kappa shape index (κ1) is 21.1. The van der Waals surface area contributed by atoms with Gasteiger partial charge in [-0.1, -0.05) is 17.3 Å². The maximum atomic E-state index is 13.5. The Bertz CT molecular complexity index is 1070. The molecule has 1 amide bonds. The van der Waals surface area contributed by atoms with Crippen molar-refractivity contribution in [3.05, 3.63) is 76.6 Å². The average molecular weight is 424 g/mol. The third-order valence-electron chi connectivity index (χ3n) is 5.07. The number of nitrogens with one attached hydrogen (secondary N) is 1. The minimum atomic E-state index is -0.242. The summed E-state index contributed by atoms with van der Waals surface area (Å²) in [6, 6.07) is 12.3. The van der Waals surface area contributed by atoms with Gasteiger partial charge in [0.05, 0.1) is 18.8 Å². The molecule has 8 heteroatoms. The van der Waals surface area contributed by atoms with Gasteiger partial charge in [0.2, 0.25) is 5.91 Å². The first-order chi connectivity index (χ1) is 14.9. The normalized spacial score (nSPS) is 16.9. The molecule has 0 spiro atoms. The Balaban J connectivity index is 1.41. The molecule has 0 saturated carbocycles. The van der Waals surface area contributed by atoms with Crippen LogP contribution in [0.5, 0.6) is 0 Å². The van der Waals surface area contributed by atoms with Gasteiger partial charge in [-0.25, -0.2) is 4.39 Å². The van der Waals surface area contributed by atoms with Gasteiger partial charge in [0.1, 0.15) is 17.7 Å². The van der Waals surface area contributed by atoms with E-state index in [4.69, 9.17) is 9.26 Å². The van der Waals surface area contributed by atoms with E-state index < -0.39 is 0 Å². The lowest BCUT2D eigenvalue weighted by Crippen LogP contribution is -2.42. The highest BCUT2D eigenvalue weighted by molar-refractivity contribution is 5.91. The Labute approximate surface area is 180 Å². The number of hydrogen-bond donors (Lipinski definition) is 1. The zero-order chi connectivity index (χ0) is 21.8. The summed E-state index contributed by atoms with van der Waals surface area (Å²) in [7, 11) is 0. The molecule has 3 aromatic rings. The Morgan fingerprint density at radius 3 is 2.87 bits per heavy atom. The predicted molar refractivity (Wildman–Crippen MR) is 113 cm³/mol. The Kier molecular flexibility index (Phi) is 6.39. The molecule has 0 bridgehead atoms. The molecule has 2 aromatic heterocycles. The number of anilines is 1. The molecule has 1 N–H and O–H groups in total. The standard InChI is InChI=1S/C23H25FN4O3/c1-15-8-18(10-17-4-3-5-19(24)11-17)12-20(25-15)21-13-28(6-7-30-21)14-23(29)26-22-9-16(2)31-27-22/h3-5,8-9,11-12,21H,6-7,10,13-14H2,1-2H3,(H,26,27,29)/t21-/m0/s1. The third-order valence-corrected chi connectivity index (χ3v) is 5.07. The topological polar surface area (TPSA) is 80.5 Å². The van der Waals surface area contributed by atoms with Crippen molar-refractivity contribution in [2.75, 3.05) is 31.6 Å². The summed E-state index contributed by atoms with van der Waals surface area (Å²) in [5, 5.41) is 6.53. The molecule has 1 saturated heterocycles. The smallest absolute Gasteiger partial charge is 0.239 e. The van der Waals surface area contributed by atoms with Crippen molar-refractivity contribution in [3.8, 4) is 0 Å². The summed E-state index contributed by atoms with van der Waals surface area (Å²) in [4.78, 5) is 19.0. The number of halogens is 1. The third kappa shape index (κ3) is 5.74. The van der Waals surface area contributed by atoms with Crippen molar-refractivity contribution < 1.29 is 18.4 Å². The second-order valence-corrected chi connectivity index (χ2v) is 7.81. The largest absolute Gasteiger partial charge is 0.369 e. The van der Waals surface area contributed by atoms with Crippen molar-refractivity contribution in [2.45, 2.75) is 26.4 Å². The highest BCUT2D eigenvalue weighted by Crippen LogP contribution is 2.23. The van der Waals surface area contributed by atoms with Crippen LogP contribution in [0.4, 0.5) is 10.2 Å². The van der Waals surface area contributed by atoms with Crippen molar-refractivity contribution in [1.82, 2.24) is 15.0 Å². The average Bonchev–Trinajstić information content (AvgIpc) is 3.12. The lowest BCUT2D eigenvalue weighted by Gasteiger charge is -2.32. The number of carbonyl (C=O) groups is 1. The van der Waals surface area contributed by atoms with E-state index in [1.807, 2.05) is 30.0 Å². The first-order valence-electron chi connectivity index (χ1n) is 10.2. The van der Waals surface area contributed by atoms with Crippen LogP contribution in [-0.2, 0) is 16.0 Å². The summed E-state index contributed by atoms with van der Waals surface area (Å²) < 4.78 is 24.5. The van der Waals surface area contributed by atoms with Crippen molar-refractivity contribution in [3.63, 3.8) is 0 Å². The SMILES string of the molecule is Cc1cc(Cc2cccc(F)c2)cc([C@@H]2CN(CC(=O)Nc3cc(C)on3)CCO2)n1. The number of aryl methyl sites for hydroxylation is 2. The molecule has 0 unspecified atom stereocenters. The Morgan fingerprint density at radius 1 is 1.23 bits per heavy atom. The van der Waals surface area contributed by atoms with E-state index >= 15 is 0 Å². The zero-order valence-corrected chi connectivity index (χ0v) is 17.6. The maximum Gasteiger partial charge on any atom is 0.239 e.